The van der Waals surface area contributed by atoms with Gasteiger partial charge in [-0.1, -0.05) is 34.6 Å². The van der Waals surface area contributed by atoms with Gasteiger partial charge in [0.2, 0.25) is 0 Å². The summed E-state index contributed by atoms with van der Waals surface area (Å²) in [7, 11) is 1.68. The van der Waals surface area contributed by atoms with E-state index in [-0.39, 0.29) is 0 Å². The van der Waals surface area contributed by atoms with Crippen LogP contribution in [0.3, 0.4) is 0 Å². The summed E-state index contributed by atoms with van der Waals surface area (Å²) >= 11 is 0. The van der Waals surface area contributed by atoms with Gasteiger partial charge in [0.15, 0.2) is 0 Å². The maximum absolute atomic E-state index is 5.17. The Bertz CT molecular complexity index is 330. The molecule has 1 fully saturated rings. The highest BCUT2D eigenvalue weighted by Crippen LogP contribution is 2.47. The monoisotopic (exact) mass is 237 g/mol. The predicted octanol–water partition coefficient (Wildman–Crippen LogP) is 4.50. The van der Waals surface area contributed by atoms with Crippen molar-refractivity contribution in [1.82, 2.24) is 4.98 Å². The minimum atomic E-state index is 0.358. The third-order valence-electron chi connectivity index (χ3n) is 2.90. The second-order valence-corrected chi connectivity index (χ2v) is 4.10. The number of methoxy groups -OCH3 is 1. The third kappa shape index (κ3) is 4.03. The molecule has 0 aromatic carbocycles. The molecule has 1 aliphatic carbocycles. The van der Waals surface area contributed by atoms with E-state index in [9.17, 15) is 0 Å². The zero-order valence-electron chi connectivity index (χ0n) is 12.4. The molecule has 0 aliphatic heterocycles. The number of hydrogen-bond acceptors (Lipinski definition) is 2. The maximum atomic E-state index is 5.17. The second-order valence-electron chi connectivity index (χ2n) is 4.10. The minimum absolute atomic E-state index is 0.358. The highest BCUT2D eigenvalue weighted by atomic mass is 16.5. The largest absolute Gasteiger partial charge is 0.495 e. The molecular formula is C15H27NO. The molecule has 0 radical (unpaired) electrons. The van der Waals surface area contributed by atoms with Gasteiger partial charge < -0.3 is 4.74 Å². The molecule has 98 valence electrons. The number of pyridine rings is 1. The Labute approximate surface area is 106 Å². The minimum Gasteiger partial charge on any atom is -0.495 e. The molecule has 2 rings (SSSR count). The molecule has 1 heterocycles. The molecule has 0 bridgehead atoms. The molecule has 0 saturated heterocycles. The first-order chi connectivity index (χ1) is 8.15. The van der Waals surface area contributed by atoms with E-state index >= 15 is 0 Å². The first-order valence-electron chi connectivity index (χ1n) is 6.67. The maximum Gasteiger partial charge on any atom is 0.140 e. The van der Waals surface area contributed by atoms with E-state index in [1.54, 1.807) is 7.11 Å². The molecule has 17 heavy (non-hydrogen) atoms. The summed E-state index contributed by atoms with van der Waals surface area (Å²) in [6.45, 7) is 12.3. The quantitative estimate of drug-likeness (QED) is 0.755. The lowest BCUT2D eigenvalue weighted by molar-refractivity contribution is 0.409. The highest BCUT2D eigenvalue weighted by molar-refractivity contribution is 5.35. The van der Waals surface area contributed by atoms with E-state index in [0.717, 1.165) is 5.75 Å². The Hall–Kier alpha value is -1.05. The fraction of sp³-hybridized carbons (Fsp3) is 0.667. The van der Waals surface area contributed by atoms with E-state index in [2.05, 4.69) is 24.9 Å². The van der Waals surface area contributed by atoms with Crippen LogP contribution in [-0.4, -0.2) is 12.1 Å². The summed E-state index contributed by atoms with van der Waals surface area (Å²) in [5.74, 6) is 0.882. The van der Waals surface area contributed by atoms with Crippen molar-refractivity contribution < 1.29 is 4.74 Å². The van der Waals surface area contributed by atoms with E-state index in [0.29, 0.717) is 5.41 Å². The average molecular weight is 237 g/mol. The van der Waals surface area contributed by atoms with Gasteiger partial charge >= 0.3 is 0 Å². The SMILES string of the molecule is CC.CC.COc1cnc(C2(C)CC2)cc1C. The van der Waals surface area contributed by atoms with Gasteiger partial charge in [-0.15, -0.1) is 0 Å². The van der Waals surface area contributed by atoms with E-state index in [4.69, 9.17) is 4.74 Å². The molecule has 0 spiro atoms. The lowest BCUT2D eigenvalue weighted by atomic mass is 10.0. The summed E-state index contributed by atoms with van der Waals surface area (Å²) in [6, 6.07) is 2.14. The molecule has 2 nitrogen and oxygen atoms in total. The smallest absolute Gasteiger partial charge is 0.140 e. The van der Waals surface area contributed by atoms with Crippen molar-refractivity contribution >= 4 is 0 Å². The topological polar surface area (TPSA) is 22.1 Å². The van der Waals surface area contributed by atoms with Gasteiger partial charge in [-0.25, -0.2) is 0 Å². The van der Waals surface area contributed by atoms with Crippen LogP contribution in [0.1, 0.15) is 58.7 Å². The summed E-state index contributed by atoms with van der Waals surface area (Å²) < 4.78 is 5.17. The summed E-state index contributed by atoms with van der Waals surface area (Å²) in [5, 5.41) is 0. The van der Waals surface area contributed by atoms with Gasteiger partial charge in [0.1, 0.15) is 5.75 Å². The normalized spacial score (nSPS) is 14.8. The van der Waals surface area contributed by atoms with Crippen molar-refractivity contribution in [2.24, 2.45) is 0 Å². The van der Waals surface area contributed by atoms with Crippen LogP contribution >= 0.6 is 0 Å². The van der Waals surface area contributed by atoms with Crippen molar-refractivity contribution in [2.75, 3.05) is 7.11 Å². The lowest BCUT2D eigenvalue weighted by Gasteiger charge is -2.10. The van der Waals surface area contributed by atoms with Crippen molar-refractivity contribution in [3.05, 3.63) is 23.5 Å². The average Bonchev–Trinajstić information content (AvgIpc) is 3.13. The van der Waals surface area contributed by atoms with Gasteiger partial charge in [0, 0.05) is 11.1 Å². The number of aromatic nitrogens is 1. The zero-order chi connectivity index (χ0) is 13.5. The van der Waals surface area contributed by atoms with E-state index in [1.165, 1.54) is 24.1 Å². The molecule has 0 atom stereocenters. The summed E-state index contributed by atoms with van der Waals surface area (Å²) in [6.07, 6.45) is 4.37. The van der Waals surface area contributed by atoms with Crippen LogP contribution in [0, 0.1) is 6.92 Å². The Morgan fingerprint density at radius 1 is 1.18 bits per heavy atom. The zero-order valence-corrected chi connectivity index (χ0v) is 12.4. The summed E-state index contributed by atoms with van der Waals surface area (Å²) in [4.78, 5) is 4.42. The lowest BCUT2D eigenvalue weighted by Crippen LogP contribution is -2.04. The van der Waals surface area contributed by atoms with E-state index < -0.39 is 0 Å². The summed E-state index contributed by atoms with van der Waals surface area (Å²) in [5.41, 5.74) is 2.75. The first-order valence-corrected chi connectivity index (χ1v) is 6.67. The van der Waals surface area contributed by atoms with Crippen molar-refractivity contribution in [1.29, 1.82) is 0 Å². The van der Waals surface area contributed by atoms with Crippen LogP contribution < -0.4 is 4.74 Å². The molecule has 0 amide bonds. The van der Waals surface area contributed by atoms with Crippen molar-refractivity contribution in [3.63, 3.8) is 0 Å². The van der Waals surface area contributed by atoms with Gasteiger partial charge in [-0.2, -0.15) is 0 Å². The van der Waals surface area contributed by atoms with Gasteiger partial charge in [0.05, 0.1) is 13.3 Å². The van der Waals surface area contributed by atoms with Crippen LogP contribution in [0.15, 0.2) is 12.3 Å². The number of aryl methyl sites for hydroxylation is 1. The van der Waals surface area contributed by atoms with Crippen molar-refractivity contribution in [3.8, 4) is 5.75 Å². The van der Waals surface area contributed by atoms with Gasteiger partial charge in [-0.05, 0) is 31.4 Å². The van der Waals surface area contributed by atoms with E-state index in [1.807, 2.05) is 33.9 Å². The molecule has 1 aromatic rings. The number of nitrogens with zero attached hydrogens (tertiary/aromatic N) is 1. The Morgan fingerprint density at radius 2 is 1.71 bits per heavy atom. The van der Waals surface area contributed by atoms with Gasteiger partial charge in [-0.3, -0.25) is 4.98 Å². The predicted molar refractivity (Wildman–Crippen MR) is 74.8 cm³/mol. The van der Waals surface area contributed by atoms with Crippen LogP contribution in [0.4, 0.5) is 0 Å². The number of ether oxygens (including phenoxy) is 1. The second kappa shape index (κ2) is 7.31. The molecule has 0 unspecified atom stereocenters. The van der Waals surface area contributed by atoms with Crippen LogP contribution in [0.25, 0.3) is 0 Å². The molecule has 1 saturated carbocycles. The van der Waals surface area contributed by atoms with Crippen LogP contribution in [0.5, 0.6) is 5.75 Å². The molecule has 1 aromatic heterocycles. The highest BCUT2D eigenvalue weighted by Gasteiger charge is 2.40. The fourth-order valence-electron chi connectivity index (χ4n) is 1.53. The molecule has 2 heteroatoms. The van der Waals surface area contributed by atoms with Crippen LogP contribution in [-0.2, 0) is 5.41 Å². The van der Waals surface area contributed by atoms with Crippen molar-refractivity contribution in [2.45, 2.75) is 59.8 Å². The standard InChI is InChI=1S/C11H15NO.2C2H6/c1-8-6-10(11(2)4-5-11)12-7-9(8)13-3;2*1-2/h6-7H,4-5H2,1-3H3;2*1-2H3. The number of rotatable bonds is 2. The van der Waals surface area contributed by atoms with Crippen LogP contribution in [0.2, 0.25) is 0 Å². The Morgan fingerprint density at radius 3 is 2.06 bits per heavy atom. The number of hydrogen-bond donors (Lipinski definition) is 0. The molecule has 1 aliphatic rings. The third-order valence-corrected chi connectivity index (χ3v) is 2.90. The Kier molecular flexibility index (Phi) is 6.86. The molecular weight excluding hydrogens is 210 g/mol. The Balaban J connectivity index is 0.000000581. The fourth-order valence-corrected chi connectivity index (χ4v) is 1.53. The first kappa shape index (κ1) is 16.0. The molecule has 0 N–H and O–H groups in total. The van der Waals surface area contributed by atoms with Gasteiger partial charge in [0.25, 0.3) is 0 Å².